The quantitative estimate of drug-likeness (QED) is 0.883. The van der Waals surface area contributed by atoms with Gasteiger partial charge in [-0.15, -0.1) is 0 Å². The van der Waals surface area contributed by atoms with Gasteiger partial charge in [0.15, 0.2) is 0 Å². The molecule has 0 amide bonds. The lowest BCUT2D eigenvalue weighted by atomic mass is 10.2. The third-order valence-electron chi connectivity index (χ3n) is 3.80. The van der Waals surface area contributed by atoms with E-state index in [1.54, 1.807) is 6.20 Å². The highest BCUT2D eigenvalue weighted by atomic mass is 32.1. The molecule has 3 heterocycles. The number of aromatic nitrogens is 3. The minimum Gasteiger partial charge on any atom is -0.472 e. The summed E-state index contributed by atoms with van der Waals surface area (Å²) in [7, 11) is 0. The van der Waals surface area contributed by atoms with E-state index >= 15 is 0 Å². The first-order valence-electron chi connectivity index (χ1n) is 7.63. The number of ether oxygens (including phenoxy) is 2. The largest absolute Gasteiger partial charge is 0.472 e. The molecule has 0 radical (unpaired) electrons. The van der Waals surface area contributed by atoms with E-state index in [1.807, 2.05) is 12.1 Å². The molecule has 2 aliphatic rings. The Bertz CT molecular complexity index is 638. The topological polar surface area (TPSA) is 69.2 Å². The molecule has 7 heteroatoms. The van der Waals surface area contributed by atoms with Gasteiger partial charge in [-0.05, 0) is 24.5 Å². The van der Waals surface area contributed by atoms with E-state index < -0.39 is 0 Å². The summed E-state index contributed by atoms with van der Waals surface area (Å²) >= 11 is 1.43. The van der Waals surface area contributed by atoms with Crippen LogP contribution in [0.25, 0.3) is 0 Å². The van der Waals surface area contributed by atoms with Crippen LogP contribution in [-0.4, -0.2) is 33.7 Å². The van der Waals surface area contributed by atoms with Gasteiger partial charge in [0.05, 0.1) is 13.2 Å². The van der Waals surface area contributed by atoms with Gasteiger partial charge in [-0.25, -0.2) is 9.97 Å². The third kappa shape index (κ3) is 3.36. The van der Waals surface area contributed by atoms with Crippen molar-refractivity contribution in [3.05, 3.63) is 29.7 Å². The van der Waals surface area contributed by atoms with Gasteiger partial charge in [0.1, 0.15) is 11.9 Å². The summed E-state index contributed by atoms with van der Waals surface area (Å²) in [6.07, 6.45) is 5.29. The number of nitrogens with one attached hydrogen (secondary N) is 1. The summed E-state index contributed by atoms with van der Waals surface area (Å²) in [4.78, 5) is 8.79. The number of rotatable bonds is 6. The Kier molecular flexibility index (Phi) is 3.90. The van der Waals surface area contributed by atoms with E-state index in [9.17, 15) is 0 Å². The molecular formula is C15H18N4O2S. The molecule has 0 bridgehead atoms. The van der Waals surface area contributed by atoms with Gasteiger partial charge >= 0.3 is 0 Å². The minimum atomic E-state index is 0.125. The Morgan fingerprint density at radius 3 is 3.14 bits per heavy atom. The highest BCUT2D eigenvalue weighted by Crippen LogP contribution is 2.39. The molecule has 2 aromatic heterocycles. The fourth-order valence-corrected chi connectivity index (χ4v) is 3.03. The molecule has 1 saturated carbocycles. The zero-order chi connectivity index (χ0) is 14.8. The number of nitrogens with zero attached hydrogens (tertiary/aromatic N) is 3. The van der Waals surface area contributed by atoms with Crippen LogP contribution < -0.4 is 10.1 Å². The van der Waals surface area contributed by atoms with Crippen molar-refractivity contribution in [2.24, 2.45) is 0 Å². The van der Waals surface area contributed by atoms with Crippen LogP contribution in [0.3, 0.4) is 0 Å². The normalized spacial score (nSPS) is 21.0. The van der Waals surface area contributed by atoms with Crippen LogP contribution in [0.15, 0.2) is 18.3 Å². The first-order chi connectivity index (χ1) is 10.9. The van der Waals surface area contributed by atoms with Crippen LogP contribution >= 0.6 is 11.5 Å². The maximum atomic E-state index is 5.82. The number of anilines is 1. The highest BCUT2D eigenvalue weighted by molar-refractivity contribution is 7.09. The summed E-state index contributed by atoms with van der Waals surface area (Å²) in [5.74, 6) is 2.25. The second kappa shape index (κ2) is 6.18. The Morgan fingerprint density at radius 1 is 1.36 bits per heavy atom. The van der Waals surface area contributed by atoms with Gasteiger partial charge in [0.25, 0.3) is 0 Å². The Balaban J connectivity index is 1.35. The van der Waals surface area contributed by atoms with E-state index in [0.717, 1.165) is 29.5 Å². The summed E-state index contributed by atoms with van der Waals surface area (Å²) in [5, 5.41) is 4.20. The average molecular weight is 318 g/mol. The van der Waals surface area contributed by atoms with Gasteiger partial charge in [0, 0.05) is 42.7 Å². The van der Waals surface area contributed by atoms with Gasteiger partial charge in [-0.3, -0.25) is 0 Å². The van der Waals surface area contributed by atoms with Crippen molar-refractivity contribution in [1.82, 2.24) is 14.3 Å². The molecule has 2 fully saturated rings. The summed E-state index contributed by atoms with van der Waals surface area (Å²) < 4.78 is 15.5. The molecule has 4 rings (SSSR count). The van der Waals surface area contributed by atoms with Gasteiger partial charge in [-0.2, -0.15) is 4.37 Å². The molecule has 1 saturated heterocycles. The van der Waals surface area contributed by atoms with E-state index in [0.29, 0.717) is 24.9 Å². The van der Waals surface area contributed by atoms with Gasteiger partial charge in [0.2, 0.25) is 11.0 Å². The predicted octanol–water partition coefficient (Wildman–Crippen LogP) is 2.59. The first-order valence-corrected chi connectivity index (χ1v) is 8.41. The molecule has 22 heavy (non-hydrogen) atoms. The molecular weight excluding hydrogens is 300 g/mol. The summed E-state index contributed by atoms with van der Waals surface area (Å²) in [5.41, 5.74) is 1.12. The van der Waals surface area contributed by atoms with E-state index in [1.165, 1.54) is 24.4 Å². The Hall–Kier alpha value is -1.73. The lowest BCUT2D eigenvalue weighted by Crippen LogP contribution is -2.16. The van der Waals surface area contributed by atoms with Crippen LogP contribution in [0.5, 0.6) is 5.88 Å². The zero-order valence-electron chi connectivity index (χ0n) is 12.2. The molecule has 1 aliphatic carbocycles. The molecule has 0 spiro atoms. The second-order valence-corrected chi connectivity index (χ2v) is 6.44. The molecule has 1 unspecified atom stereocenters. The zero-order valence-corrected chi connectivity index (χ0v) is 13.0. The minimum absolute atomic E-state index is 0.125. The number of pyridine rings is 1. The van der Waals surface area contributed by atoms with Crippen LogP contribution in [0.4, 0.5) is 5.13 Å². The monoisotopic (exact) mass is 318 g/mol. The standard InChI is InChI=1S/C15H18N4O2S/c1-2-11(1)14-18-15(22-19-14)17-8-10-3-5-16-13(7-10)21-12-4-6-20-9-12/h3,5,7,11-12H,1-2,4,6,8-9H2,(H,17,18,19). The van der Waals surface area contributed by atoms with Crippen LogP contribution in [0.1, 0.15) is 36.6 Å². The van der Waals surface area contributed by atoms with Crippen LogP contribution in [0, 0.1) is 0 Å². The van der Waals surface area contributed by atoms with Crippen LogP contribution in [0.2, 0.25) is 0 Å². The predicted molar refractivity (Wildman–Crippen MR) is 83.3 cm³/mol. The average Bonchev–Trinajstić information content (AvgIpc) is 3.06. The first kappa shape index (κ1) is 13.9. The third-order valence-corrected chi connectivity index (χ3v) is 4.49. The number of hydrogen-bond donors (Lipinski definition) is 1. The van der Waals surface area contributed by atoms with Gasteiger partial charge < -0.3 is 14.8 Å². The van der Waals surface area contributed by atoms with Crippen molar-refractivity contribution in [3.8, 4) is 5.88 Å². The van der Waals surface area contributed by atoms with Crippen molar-refractivity contribution >= 4 is 16.7 Å². The summed E-state index contributed by atoms with van der Waals surface area (Å²) in [6, 6.07) is 3.95. The molecule has 1 aliphatic heterocycles. The van der Waals surface area contributed by atoms with Crippen molar-refractivity contribution in [3.63, 3.8) is 0 Å². The molecule has 116 valence electrons. The van der Waals surface area contributed by atoms with E-state index in [2.05, 4.69) is 19.7 Å². The molecule has 0 aromatic carbocycles. The lowest BCUT2D eigenvalue weighted by molar-refractivity contribution is 0.138. The SMILES string of the molecule is c1cc(CNc2nc(C3CC3)ns2)cc(OC2CCOC2)n1. The maximum Gasteiger partial charge on any atom is 0.213 e. The second-order valence-electron chi connectivity index (χ2n) is 5.69. The molecule has 2 aromatic rings. The van der Waals surface area contributed by atoms with Crippen LogP contribution in [-0.2, 0) is 11.3 Å². The van der Waals surface area contributed by atoms with Crippen molar-refractivity contribution in [2.75, 3.05) is 18.5 Å². The molecule has 1 N–H and O–H groups in total. The van der Waals surface area contributed by atoms with Crippen molar-refractivity contribution < 1.29 is 9.47 Å². The molecule has 1 atom stereocenters. The summed E-state index contributed by atoms with van der Waals surface area (Å²) in [6.45, 7) is 2.12. The molecule has 6 nitrogen and oxygen atoms in total. The fraction of sp³-hybridized carbons (Fsp3) is 0.533. The van der Waals surface area contributed by atoms with E-state index in [-0.39, 0.29) is 6.10 Å². The fourth-order valence-electron chi connectivity index (χ4n) is 2.39. The number of hydrogen-bond acceptors (Lipinski definition) is 7. The van der Waals surface area contributed by atoms with E-state index in [4.69, 9.17) is 9.47 Å². The Morgan fingerprint density at radius 2 is 2.32 bits per heavy atom. The smallest absolute Gasteiger partial charge is 0.213 e. The lowest BCUT2D eigenvalue weighted by Gasteiger charge is -2.11. The van der Waals surface area contributed by atoms with Gasteiger partial charge in [-0.1, -0.05) is 0 Å². The highest BCUT2D eigenvalue weighted by Gasteiger charge is 2.27. The Labute approximate surface area is 133 Å². The maximum absolute atomic E-state index is 5.82. The van der Waals surface area contributed by atoms with Crippen molar-refractivity contribution in [1.29, 1.82) is 0 Å². The van der Waals surface area contributed by atoms with Crippen molar-refractivity contribution in [2.45, 2.75) is 37.8 Å².